The molecule has 0 unspecified atom stereocenters. The maximum absolute atomic E-state index is 12.8. The van der Waals surface area contributed by atoms with Gasteiger partial charge in [-0.3, -0.25) is 19.4 Å². The van der Waals surface area contributed by atoms with Gasteiger partial charge in [-0.05, 0) is 42.9 Å². The number of nitrogens with zero attached hydrogens (tertiary/aromatic N) is 1. The topological polar surface area (TPSA) is 108 Å². The molecule has 0 saturated carbocycles. The lowest BCUT2D eigenvalue weighted by Gasteiger charge is -2.13. The third kappa shape index (κ3) is 4.91. The smallest absolute Gasteiger partial charge is 0.303 e. The van der Waals surface area contributed by atoms with Crippen LogP contribution in [0.15, 0.2) is 24.5 Å². The molecule has 0 atom stereocenters. The van der Waals surface area contributed by atoms with Gasteiger partial charge in [-0.15, -0.1) is 11.3 Å². The maximum Gasteiger partial charge on any atom is 0.303 e. The number of thiophene rings is 1. The highest BCUT2D eigenvalue weighted by molar-refractivity contribution is 7.17. The minimum atomic E-state index is -1.02. The van der Waals surface area contributed by atoms with Crippen LogP contribution in [0, 0.1) is 0 Å². The van der Waals surface area contributed by atoms with Gasteiger partial charge in [0.2, 0.25) is 5.91 Å². The van der Waals surface area contributed by atoms with Gasteiger partial charge >= 0.3 is 5.97 Å². The number of rotatable bonds is 7. The first-order chi connectivity index (χ1) is 13.0. The second-order valence-electron chi connectivity index (χ2n) is 6.40. The van der Waals surface area contributed by atoms with E-state index < -0.39 is 11.9 Å². The number of hydrogen-bond acceptors (Lipinski definition) is 5. The summed E-state index contributed by atoms with van der Waals surface area (Å²) in [5, 5.41) is 14.9. The molecule has 3 N–H and O–H groups in total. The Balaban J connectivity index is 1.77. The van der Waals surface area contributed by atoms with E-state index in [0.29, 0.717) is 17.1 Å². The number of carboxylic acid groups (broad SMARTS) is 1. The Hall–Kier alpha value is -2.74. The zero-order valence-corrected chi connectivity index (χ0v) is 15.6. The molecule has 0 radical (unpaired) electrons. The summed E-state index contributed by atoms with van der Waals surface area (Å²) in [4.78, 5) is 40.7. The number of aromatic nitrogens is 1. The van der Waals surface area contributed by atoms with Gasteiger partial charge in [0, 0.05) is 30.2 Å². The molecule has 1 aliphatic rings. The van der Waals surface area contributed by atoms with Crippen molar-refractivity contribution in [3.63, 3.8) is 0 Å². The van der Waals surface area contributed by atoms with Crippen molar-refractivity contribution in [2.45, 2.75) is 45.1 Å². The predicted octanol–water partition coefficient (Wildman–Crippen LogP) is 2.76. The second-order valence-corrected chi connectivity index (χ2v) is 7.51. The molecule has 2 amide bonds. The summed E-state index contributed by atoms with van der Waals surface area (Å²) in [5.41, 5.74) is 2.41. The molecule has 1 aliphatic carbocycles. The van der Waals surface area contributed by atoms with Crippen molar-refractivity contribution in [2.24, 2.45) is 0 Å². The Kier molecular flexibility index (Phi) is 6.18. The number of pyridine rings is 1. The molecule has 2 heterocycles. The number of carbonyl (C=O) groups excluding carboxylic acids is 2. The van der Waals surface area contributed by atoms with E-state index in [1.54, 1.807) is 12.4 Å². The Morgan fingerprint density at radius 1 is 1.19 bits per heavy atom. The molecule has 2 aromatic heterocycles. The number of nitrogens with one attached hydrogen (secondary N) is 2. The summed E-state index contributed by atoms with van der Waals surface area (Å²) in [7, 11) is 0. The normalized spacial score (nSPS) is 12.9. The van der Waals surface area contributed by atoms with Crippen molar-refractivity contribution >= 4 is 34.1 Å². The van der Waals surface area contributed by atoms with E-state index in [1.165, 1.54) is 11.3 Å². The first kappa shape index (κ1) is 19.0. The van der Waals surface area contributed by atoms with E-state index >= 15 is 0 Å². The number of hydrogen-bond donors (Lipinski definition) is 3. The van der Waals surface area contributed by atoms with Crippen molar-refractivity contribution in [1.29, 1.82) is 0 Å². The second kappa shape index (κ2) is 8.77. The molecular formula is C19H21N3O4S. The summed E-state index contributed by atoms with van der Waals surface area (Å²) in [6.45, 7) is 0.351. The first-order valence-electron chi connectivity index (χ1n) is 8.88. The number of carboxylic acids is 1. The molecule has 0 aliphatic heterocycles. The van der Waals surface area contributed by atoms with Crippen LogP contribution in [0.4, 0.5) is 5.00 Å². The van der Waals surface area contributed by atoms with Crippen molar-refractivity contribution in [3.05, 3.63) is 46.1 Å². The summed E-state index contributed by atoms with van der Waals surface area (Å²) >= 11 is 1.42. The zero-order valence-electron chi connectivity index (χ0n) is 14.8. The Morgan fingerprint density at radius 2 is 2.00 bits per heavy atom. The summed E-state index contributed by atoms with van der Waals surface area (Å²) < 4.78 is 0. The average molecular weight is 387 g/mol. The third-order valence-electron chi connectivity index (χ3n) is 4.39. The summed E-state index contributed by atoms with van der Waals surface area (Å²) in [6, 6.07) is 3.69. The SMILES string of the molecule is O=C(O)CCC(=O)Nc1sc2c(c1C(=O)NCc1cccnc1)CCCC2. The quantitative estimate of drug-likeness (QED) is 0.677. The van der Waals surface area contributed by atoms with E-state index in [2.05, 4.69) is 15.6 Å². The molecule has 0 saturated heterocycles. The zero-order chi connectivity index (χ0) is 19.2. The van der Waals surface area contributed by atoms with Crippen LogP contribution >= 0.6 is 11.3 Å². The molecule has 2 aromatic rings. The number of aliphatic carboxylic acids is 1. The van der Waals surface area contributed by atoms with Crippen LogP contribution in [0.5, 0.6) is 0 Å². The van der Waals surface area contributed by atoms with Crippen LogP contribution in [0.3, 0.4) is 0 Å². The lowest BCUT2D eigenvalue weighted by molar-refractivity contribution is -0.138. The Bertz CT molecular complexity index is 848. The number of anilines is 1. The molecule has 0 aromatic carbocycles. The van der Waals surface area contributed by atoms with E-state index in [0.717, 1.165) is 41.7 Å². The van der Waals surface area contributed by atoms with Gasteiger partial charge in [0.15, 0.2) is 0 Å². The van der Waals surface area contributed by atoms with Crippen molar-refractivity contribution < 1.29 is 19.5 Å². The number of carbonyl (C=O) groups is 3. The van der Waals surface area contributed by atoms with Gasteiger partial charge in [-0.1, -0.05) is 6.07 Å². The highest BCUT2D eigenvalue weighted by atomic mass is 32.1. The largest absolute Gasteiger partial charge is 0.481 e. The lowest BCUT2D eigenvalue weighted by Crippen LogP contribution is -2.25. The molecule has 0 spiro atoms. The Morgan fingerprint density at radius 3 is 2.74 bits per heavy atom. The molecule has 7 nitrogen and oxygen atoms in total. The molecule has 0 bridgehead atoms. The van der Waals surface area contributed by atoms with Crippen LogP contribution < -0.4 is 10.6 Å². The number of aryl methyl sites for hydroxylation is 1. The fourth-order valence-corrected chi connectivity index (χ4v) is 4.38. The van der Waals surface area contributed by atoms with Crippen LogP contribution in [-0.4, -0.2) is 27.9 Å². The van der Waals surface area contributed by atoms with Gasteiger partial charge in [-0.2, -0.15) is 0 Å². The lowest BCUT2D eigenvalue weighted by atomic mass is 9.95. The van der Waals surface area contributed by atoms with Crippen molar-refractivity contribution in [1.82, 2.24) is 10.3 Å². The van der Waals surface area contributed by atoms with Crippen molar-refractivity contribution in [3.8, 4) is 0 Å². The van der Waals surface area contributed by atoms with Gasteiger partial charge < -0.3 is 15.7 Å². The first-order valence-corrected chi connectivity index (χ1v) is 9.69. The molecule has 8 heteroatoms. The fraction of sp³-hybridized carbons (Fsp3) is 0.368. The minimum Gasteiger partial charge on any atom is -0.481 e. The maximum atomic E-state index is 12.8. The molecule has 3 rings (SSSR count). The number of fused-ring (bicyclic) bond motifs is 1. The standard InChI is InChI=1S/C19H21N3O4S/c23-15(7-8-16(24)25)22-19-17(13-5-1-2-6-14(13)27-19)18(26)21-11-12-4-3-9-20-10-12/h3-4,9-10H,1-2,5-8,11H2,(H,21,26)(H,22,23)(H,24,25). The van der Waals surface area contributed by atoms with Crippen molar-refractivity contribution in [2.75, 3.05) is 5.32 Å². The van der Waals surface area contributed by atoms with Crippen LogP contribution in [0.1, 0.15) is 52.0 Å². The summed E-state index contributed by atoms with van der Waals surface area (Å²) in [5.74, 6) is -1.64. The Labute approximate surface area is 160 Å². The molecule has 0 fully saturated rings. The van der Waals surface area contributed by atoms with Gasteiger partial charge in [0.25, 0.3) is 5.91 Å². The highest BCUT2D eigenvalue weighted by Gasteiger charge is 2.26. The predicted molar refractivity (Wildman–Crippen MR) is 102 cm³/mol. The van der Waals surface area contributed by atoms with E-state index in [9.17, 15) is 14.4 Å². The monoisotopic (exact) mass is 387 g/mol. The molecule has 27 heavy (non-hydrogen) atoms. The molecule has 142 valence electrons. The van der Waals surface area contributed by atoms with E-state index in [4.69, 9.17) is 5.11 Å². The third-order valence-corrected chi connectivity index (χ3v) is 5.60. The summed E-state index contributed by atoms with van der Waals surface area (Å²) in [6.07, 6.45) is 6.80. The van der Waals surface area contributed by atoms with Crippen LogP contribution in [-0.2, 0) is 29.0 Å². The minimum absolute atomic E-state index is 0.116. The van der Waals surface area contributed by atoms with Crippen LogP contribution in [0.25, 0.3) is 0 Å². The van der Waals surface area contributed by atoms with Gasteiger partial charge in [0.1, 0.15) is 5.00 Å². The van der Waals surface area contributed by atoms with E-state index in [-0.39, 0.29) is 18.7 Å². The van der Waals surface area contributed by atoms with E-state index in [1.807, 2.05) is 12.1 Å². The average Bonchev–Trinajstić information content (AvgIpc) is 3.03. The fourth-order valence-electron chi connectivity index (χ4n) is 3.08. The highest BCUT2D eigenvalue weighted by Crippen LogP contribution is 2.38. The number of amides is 2. The van der Waals surface area contributed by atoms with Gasteiger partial charge in [-0.25, -0.2) is 0 Å². The van der Waals surface area contributed by atoms with Gasteiger partial charge in [0.05, 0.1) is 12.0 Å². The van der Waals surface area contributed by atoms with Crippen LogP contribution in [0.2, 0.25) is 0 Å². The molecular weight excluding hydrogens is 366 g/mol.